The fraction of sp³-hybridized carbons (Fsp3) is 0.0769. The molecule has 0 bridgehead atoms. The van der Waals surface area contributed by atoms with E-state index in [1.165, 1.54) is 24.4 Å². The Kier molecular flexibility index (Phi) is 3.66. The van der Waals surface area contributed by atoms with E-state index in [4.69, 9.17) is 16.7 Å². The average molecular weight is 281 g/mol. The van der Waals surface area contributed by atoms with Gasteiger partial charge in [-0.3, -0.25) is 0 Å². The van der Waals surface area contributed by atoms with Gasteiger partial charge in [-0.05, 0) is 30.3 Å². The van der Waals surface area contributed by atoms with Crippen molar-refractivity contribution in [3.63, 3.8) is 0 Å². The first-order valence-corrected chi connectivity index (χ1v) is 5.75. The number of rotatable bonds is 3. The van der Waals surface area contributed by atoms with E-state index < -0.39 is 5.97 Å². The van der Waals surface area contributed by atoms with Gasteiger partial charge in [-0.15, -0.1) is 0 Å². The van der Waals surface area contributed by atoms with Crippen molar-refractivity contribution in [1.82, 2.24) is 4.98 Å². The first-order valence-electron chi connectivity index (χ1n) is 5.38. The first kappa shape index (κ1) is 13.3. The van der Waals surface area contributed by atoms with E-state index in [9.17, 15) is 9.18 Å². The highest BCUT2D eigenvalue weighted by molar-refractivity contribution is 6.35. The van der Waals surface area contributed by atoms with E-state index >= 15 is 0 Å². The molecular weight excluding hydrogens is 271 g/mol. The molecule has 0 spiro atoms. The van der Waals surface area contributed by atoms with Gasteiger partial charge in [0.2, 0.25) is 0 Å². The Bertz CT molecular complexity index is 617. The van der Waals surface area contributed by atoms with Crippen LogP contribution in [0.1, 0.15) is 10.4 Å². The van der Waals surface area contributed by atoms with Crippen molar-refractivity contribution in [3.05, 3.63) is 52.9 Å². The molecule has 0 aliphatic rings. The second-order valence-electron chi connectivity index (χ2n) is 3.84. The SMILES string of the molecule is CN(c1ccc(F)cc1)c1nccc(C(=O)O)c1Cl. The Labute approximate surface area is 114 Å². The van der Waals surface area contributed by atoms with Crippen molar-refractivity contribution in [2.24, 2.45) is 0 Å². The predicted octanol–water partition coefficient (Wildman–Crippen LogP) is 3.34. The zero-order chi connectivity index (χ0) is 14.0. The number of nitrogens with zero attached hydrogens (tertiary/aromatic N) is 2. The van der Waals surface area contributed by atoms with Crippen LogP contribution in [0.25, 0.3) is 0 Å². The first-order chi connectivity index (χ1) is 9.00. The summed E-state index contributed by atoms with van der Waals surface area (Å²) < 4.78 is 12.9. The van der Waals surface area contributed by atoms with Crippen molar-refractivity contribution in [2.75, 3.05) is 11.9 Å². The normalized spacial score (nSPS) is 10.3. The van der Waals surface area contributed by atoms with Gasteiger partial charge in [0.25, 0.3) is 0 Å². The fourth-order valence-corrected chi connectivity index (χ4v) is 1.94. The number of aromatic carboxylic acids is 1. The number of hydrogen-bond acceptors (Lipinski definition) is 3. The second kappa shape index (κ2) is 5.24. The number of carbonyl (C=O) groups is 1. The highest BCUT2D eigenvalue weighted by atomic mass is 35.5. The third-order valence-corrected chi connectivity index (χ3v) is 3.01. The molecule has 1 N–H and O–H groups in total. The van der Waals surface area contributed by atoms with Crippen molar-refractivity contribution >= 4 is 29.1 Å². The minimum Gasteiger partial charge on any atom is -0.478 e. The van der Waals surface area contributed by atoms with Crippen LogP contribution in [0.5, 0.6) is 0 Å². The number of pyridine rings is 1. The molecule has 0 aliphatic heterocycles. The molecule has 0 amide bonds. The van der Waals surface area contributed by atoms with Gasteiger partial charge in [0, 0.05) is 18.9 Å². The van der Waals surface area contributed by atoms with Crippen LogP contribution in [0, 0.1) is 5.82 Å². The standard InChI is InChI=1S/C13H10ClFN2O2/c1-17(9-4-2-8(15)3-5-9)12-11(14)10(13(18)19)6-7-16-12/h2-7H,1H3,(H,18,19). The summed E-state index contributed by atoms with van der Waals surface area (Å²) in [5, 5.41) is 9.04. The van der Waals surface area contributed by atoms with Crippen LogP contribution in [0.2, 0.25) is 5.02 Å². The maximum absolute atomic E-state index is 12.9. The summed E-state index contributed by atoms with van der Waals surface area (Å²) in [5.74, 6) is -1.18. The van der Waals surface area contributed by atoms with Gasteiger partial charge < -0.3 is 10.0 Å². The lowest BCUT2D eigenvalue weighted by atomic mass is 10.2. The van der Waals surface area contributed by atoms with Crippen LogP contribution in [-0.2, 0) is 0 Å². The van der Waals surface area contributed by atoms with Crippen LogP contribution >= 0.6 is 11.6 Å². The van der Waals surface area contributed by atoms with Gasteiger partial charge in [-0.2, -0.15) is 0 Å². The summed E-state index contributed by atoms with van der Waals surface area (Å²) in [4.78, 5) is 16.6. The predicted molar refractivity (Wildman–Crippen MR) is 70.7 cm³/mol. The van der Waals surface area contributed by atoms with Crippen LogP contribution in [0.15, 0.2) is 36.5 Å². The number of carboxylic acids is 1. The molecule has 6 heteroatoms. The number of benzene rings is 1. The monoisotopic (exact) mass is 280 g/mol. The van der Waals surface area contributed by atoms with Gasteiger partial charge in [-0.1, -0.05) is 11.6 Å². The van der Waals surface area contributed by atoms with E-state index in [1.807, 2.05) is 0 Å². The Hall–Kier alpha value is -2.14. The molecule has 4 nitrogen and oxygen atoms in total. The molecule has 0 saturated heterocycles. The lowest BCUT2D eigenvalue weighted by Crippen LogP contribution is -2.13. The Balaban J connectivity index is 2.44. The Morgan fingerprint density at radius 2 is 1.95 bits per heavy atom. The lowest BCUT2D eigenvalue weighted by molar-refractivity contribution is 0.0697. The van der Waals surface area contributed by atoms with Crippen molar-refractivity contribution < 1.29 is 14.3 Å². The van der Waals surface area contributed by atoms with Gasteiger partial charge in [0.05, 0.1) is 10.6 Å². The molecule has 1 heterocycles. The molecule has 0 saturated carbocycles. The fourth-order valence-electron chi connectivity index (χ4n) is 1.62. The molecular formula is C13H10ClFN2O2. The molecule has 2 rings (SSSR count). The summed E-state index contributed by atoms with van der Waals surface area (Å²) in [5.41, 5.74) is 0.624. The number of anilines is 2. The van der Waals surface area contributed by atoms with Crippen molar-refractivity contribution in [1.29, 1.82) is 0 Å². The molecule has 19 heavy (non-hydrogen) atoms. The van der Waals surface area contributed by atoms with Gasteiger partial charge in [0.15, 0.2) is 5.82 Å². The topological polar surface area (TPSA) is 53.4 Å². The average Bonchev–Trinajstić information content (AvgIpc) is 2.38. The van der Waals surface area contributed by atoms with Crippen molar-refractivity contribution in [2.45, 2.75) is 0 Å². The van der Waals surface area contributed by atoms with Gasteiger partial charge in [0.1, 0.15) is 5.82 Å². The van der Waals surface area contributed by atoms with Crippen LogP contribution < -0.4 is 4.90 Å². The molecule has 1 aromatic heterocycles. The number of aromatic nitrogens is 1. The molecule has 0 unspecified atom stereocenters. The highest BCUT2D eigenvalue weighted by Gasteiger charge is 2.16. The van der Waals surface area contributed by atoms with E-state index in [1.54, 1.807) is 24.1 Å². The maximum atomic E-state index is 12.9. The summed E-state index contributed by atoms with van der Waals surface area (Å²) in [6.45, 7) is 0. The molecule has 2 aromatic rings. The summed E-state index contributed by atoms with van der Waals surface area (Å²) in [6, 6.07) is 7.05. The lowest BCUT2D eigenvalue weighted by Gasteiger charge is -2.20. The summed E-state index contributed by atoms with van der Waals surface area (Å²) in [6.07, 6.45) is 1.37. The van der Waals surface area contributed by atoms with E-state index in [0.717, 1.165) is 0 Å². The molecule has 0 aliphatic carbocycles. The minimum absolute atomic E-state index is 0.0272. The molecule has 1 aromatic carbocycles. The largest absolute Gasteiger partial charge is 0.478 e. The summed E-state index contributed by atoms with van der Waals surface area (Å²) >= 11 is 6.02. The highest BCUT2D eigenvalue weighted by Crippen LogP contribution is 2.30. The smallest absolute Gasteiger partial charge is 0.337 e. The van der Waals surface area contributed by atoms with E-state index in [-0.39, 0.29) is 16.4 Å². The maximum Gasteiger partial charge on any atom is 0.337 e. The van der Waals surface area contributed by atoms with Gasteiger partial charge >= 0.3 is 5.97 Å². The zero-order valence-corrected chi connectivity index (χ0v) is 10.7. The minimum atomic E-state index is -1.12. The Morgan fingerprint density at radius 1 is 1.32 bits per heavy atom. The second-order valence-corrected chi connectivity index (χ2v) is 4.21. The van der Waals surface area contributed by atoms with Crippen molar-refractivity contribution in [3.8, 4) is 0 Å². The Morgan fingerprint density at radius 3 is 2.53 bits per heavy atom. The van der Waals surface area contributed by atoms with Gasteiger partial charge in [-0.25, -0.2) is 14.2 Å². The van der Waals surface area contributed by atoms with Crippen LogP contribution in [-0.4, -0.2) is 23.1 Å². The third kappa shape index (κ3) is 2.66. The number of hydrogen-bond donors (Lipinski definition) is 1. The quantitative estimate of drug-likeness (QED) is 0.937. The zero-order valence-electron chi connectivity index (χ0n) is 9.97. The third-order valence-electron chi connectivity index (χ3n) is 2.63. The number of halogens is 2. The van der Waals surface area contributed by atoms with E-state index in [2.05, 4.69) is 4.98 Å². The van der Waals surface area contributed by atoms with E-state index in [0.29, 0.717) is 11.5 Å². The molecule has 0 radical (unpaired) electrons. The summed E-state index contributed by atoms with van der Waals surface area (Å²) in [7, 11) is 1.67. The van der Waals surface area contributed by atoms with Crippen LogP contribution in [0.4, 0.5) is 15.9 Å². The molecule has 0 fully saturated rings. The number of carboxylic acid groups (broad SMARTS) is 1. The molecule has 98 valence electrons. The molecule has 0 atom stereocenters. The van der Waals surface area contributed by atoms with Crippen LogP contribution in [0.3, 0.4) is 0 Å².